The van der Waals surface area contributed by atoms with Crippen LogP contribution in [0.15, 0.2) is 12.2 Å². The molecule has 2 aliphatic carbocycles. The van der Waals surface area contributed by atoms with Gasteiger partial charge >= 0.3 is 0 Å². The molecule has 156 valence electrons. The van der Waals surface area contributed by atoms with Crippen molar-refractivity contribution in [3.05, 3.63) is 12.2 Å². The zero-order valence-electron chi connectivity index (χ0n) is 17.3. The van der Waals surface area contributed by atoms with E-state index in [1.54, 1.807) is 0 Å². The Hall–Kier alpha value is -0.440. The van der Waals surface area contributed by atoms with Crippen LogP contribution >= 0.6 is 0 Å². The van der Waals surface area contributed by atoms with Crippen LogP contribution in [0.3, 0.4) is 0 Å². The predicted octanol–water partition coefficient (Wildman–Crippen LogP) is 7.76. The van der Waals surface area contributed by atoms with Gasteiger partial charge in [-0.05, 0) is 55.3 Å². The average Bonchev–Trinajstić information content (AvgIpc) is 2.68. The maximum absolute atomic E-state index is 12.4. The third-order valence-corrected chi connectivity index (χ3v) is 7.86. The van der Waals surface area contributed by atoms with Crippen molar-refractivity contribution in [1.82, 2.24) is 0 Å². The highest BCUT2D eigenvalue weighted by atomic mass is 19.3. The second kappa shape index (κ2) is 10.9. The van der Waals surface area contributed by atoms with Gasteiger partial charge < -0.3 is 4.74 Å². The molecular formula is C24H40F2O. The second-order valence-corrected chi connectivity index (χ2v) is 9.70. The third-order valence-electron chi connectivity index (χ3n) is 7.86. The molecule has 0 radical (unpaired) electrons. The van der Waals surface area contributed by atoms with E-state index in [-0.39, 0.29) is 6.10 Å². The second-order valence-electron chi connectivity index (χ2n) is 9.70. The van der Waals surface area contributed by atoms with E-state index < -0.39 is 6.08 Å². The molecule has 1 nitrogen and oxygen atoms in total. The van der Waals surface area contributed by atoms with Crippen molar-refractivity contribution in [3.63, 3.8) is 0 Å². The van der Waals surface area contributed by atoms with Gasteiger partial charge in [-0.25, -0.2) is 0 Å². The van der Waals surface area contributed by atoms with Gasteiger partial charge in [-0.1, -0.05) is 71.1 Å². The lowest BCUT2D eigenvalue weighted by Crippen LogP contribution is -2.32. The topological polar surface area (TPSA) is 9.23 Å². The highest BCUT2D eigenvalue weighted by Gasteiger charge is 2.31. The number of hydrogen-bond acceptors (Lipinski definition) is 1. The zero-order valence-corrected chi connectivity index (χ0v) is 17.3. The van der Waals surface area contributed by atoms with Crippen LogP contribution in [0.25, 0.3) is 0 Å². The number of ether oxygens (including phenoxy) is 1. The lowest BCUT2D eigenvalue weighted by atomic mass is 9.71. The maximum atomic E-state index is 12.4. The van der Waals surface area contributed by atoms with Gasteiger partial charge in [0.25, 0.3) is 6.08 Å². The van der Waals surface area contributed by atoms with Crippen LogP contribution in [0.5, 0.6) is 0 Å². The van der Waals surface area contributed by atoms with Crippen molar-refractivity contribution >= 4 is 0 Å². The molecule has 0 aromatic rings. The molecule has 0 aromatic carbocycles. The number of rotatable bonds is 7. The normalized spacial score (nSPS) is 37.7. The van der Waals surface area contributed by atoms with Crippen LogP contribution in [-0.2, 0) is 4.74 Å². The molecule has 1 saturated heterocycles. The summed E-state index contributed by atoms with van der Waals surface area (Å²) in [4.78, 5) is 0. The fourth-order valence-electron chi connectivity index (χ4n) is 6.07. The number of halogens is 2. The quantitative estimate of drug-likeness (QED) is 0.437. The maximum Gasteiger partial charge on any atom is 0.268 e. The molecule has 27 heavy (non-hydrogen) atoms. The van der Waals surface area contributed by atoms with Crippen LogP contribution < -0.4 is 0 Å². The SMILES string of the molecule is CCCC1CCC(CCC2CCC(C3CCC(C=C(F)F)OC3)CC2)CC1. The van der Waals surface area contributed by atoms with Crippen LogP contribution in [0, 0.1) is 29.6 Å². The average molecular weight is 383 g/mol. The summed E-state index contributed by atoms with van der Waals surface area (Å²) in [5, 5.41) is 0. The first kappa shape index (κ1) is 21.3. The molecule has 2 saturated carbocycles. The summed E-state index contributed by atoms with van der Waals surface area (Å²) in [6, 6.07) is 0. The van der Waals surface area contributed by atoms with Gasteiger partial charge in [0.2, 0.25) is 0 Å². The minimum Gasteiger partial charge on any atom is -0.374 e. The van der Waals surface area contributed by atoms with E-state index in [0.29, 0.717) is 12.5 Å². The lowest BCUT2D eigenvalue weighted by molar-refractivity contribution is -0.0183. The van der Waals surface area contributed by atoms with E-state index in [4.69, 9.17) is 4.74 Å². The fourth-order valence-corrected chi connectivity index (χ4v) is 6.07. The molecule has 0 amide bonds. The van der Waals surface area contributed by atoms with Crippen molar-refractivity contribution in [2.45, 2.75) is 103 Å². The Morgan fingerprint density at radius 2 is 1.26 bits per heavy atom. The summed E-state index contributed by atoms with van der Waals surface area (Å²) in [7, 11) is 0. The highest BCUT2D eigenvalue weighted by Crippen LogP contribution is 2.41. The van der Waals surface area contributed by atoms with Gasteiger partial charge in [-0.2, -0.15) is 8.78 Å². The highest BCUT2D eigenvalue weighted by molar-refractivity contribution is 4.92. The van der Waals surface area contributed by atoms with E-state index >= 15 is 0 Å². The summed E-state index contributed by atoms with van der Waals surface area (Å²) in [6.07, 6.45) is 17.9. The van der Waals surface area contributed by atoms with Crippen LogP contribution in [0.2, 0.25) is 0 Å². The van der Waals surface area contributed by atoms with Crippen LogP contribution in [0.4, 0.5) is 8.78 Å². The van der Waals surface area contributed by atoms with Gasteiger partial charge in [0.15, 0.2) is 0 Å². The molecule has 3 heteroatoms. The first-order valence-corrected chi connectivity index (χ1v) is 11.8. The Kier molecular flexibility index (Phi) is 8.61. The minimum atomic E-state index is -1.60. The molecule has 3 aliphatic rings. The molecule has 1 aliphatic heterocycles. The third kappa shape index (κ3) is 6.84. The Morgan fingerprint density at radius 1 is 0.741 bits per heavy atom. The van der Waals surface area contributed by atoms with Crippen molar-refractivity contribution in [3.8, 4) is 0 Å². The smallest absolute Gasteiger partial charge is 0.268 e. The van der Waals surface area contributed by atoms with Crippen molar-refractivity contribution in [1.29, 1.82) is 0 Å². The summed E-state index contributed by atoms with van der Waals surface area (Å²) >= 11 is 0. The summed E-state index contributed by atoms with van der Waals surface area (Å²) < 4.78 is 30.4. The molecule has 3 fully saturated rings. The van der Waals surface area contributed by atoms with E-state index in [1.807, 2.05) is 0 Å². The van der Waals surface area contributed by atoms with E-state index in [2.05, 4.69) is 6.92 Å². The minimum absolute atomic E-state index is 0.352. The molecule has 3 rings (SSSR count). The summed E-state index contributed by atoms with van der Waals surface area (Å²) in [5.41, 5.74) is 0. The van der Waals surface area contributed by atoms with Crippen molar-refractivity contribution in [2.24, 2.45) is 29.6 Å². The Bertz CT molecular complexity index is 435. The monoisotopic (exact) mass is 382 g/mol. The van der Waals surface area contributed by atoms with Gasteiger partial charge in [-0.15, -0.1) is 0 Å². The van der Waals surface area contributed by atoms with Crippen LogP contribution in [0.1, 0.15) is 96.8 Å². The molecule has 0 N–H and O–H groups in total. The molecule has 0 spiro atoms. The molecule has 0 bridgehead atoms. The molecule has 2 atom stereocenters. The van der Waals surface area contributed by atoms with Gasteiger partial charge in [0.05, 0.1) is 12.7 Å². The standard InChI is InChI=1S/C24H40F2O/c1-2-3-18-4-6-19(7-5-18)8-9-20-10-12-21(13-11-20)22-14-15-23(27-17-22)16-24(25)26/h16,18-23H,2-15,17H2,1H3. The van der Waals surface area contributed by atoms with E-state index in [1.165, 1.54) is 77.0 Å². The summed E-state index contributed by atoms with van der Waals surface area (Å²) in [6.45, 7) is 3.01. The molecule has 1 heterocycles. The van der Waals surface area contributed by atoms with Gasteiger partial charge in [0, 0.05) is 6.08 Å². The first-order valence-electron chi connectivity index (χ1n) is 11.8. The Balaban J connectivity index is 1.29. The van der Waals surface area contributed by atoms with Gasteiger partial charge in [0.1, 0.15) is 0 Å². The van der Waals surface area contributed by atoms with E-state index in [9.17, 15) is 8.78 Å². The molecule has 2 unspecified atom stereocenters. The first-order chi connectivity index (χ1) is 13.1. The van der Waals surface area contributed by atoms with E-state index in [0.717, 1.165) is 42.6 Å². The van der Waals surface area contributed by atoms with Crippen molar-refractivity contribution in [2.75, 3.05) is 6.61 Å². The zero-order chi connectivity index (χ0) is 19.1. The molecular weight excluding hydrogens is 342 g/mol. The Labute approximate surface area is 165 Å². The summed E-state index contributed by atoms with van der Waals surface area (Å²) in [5.74, 6) is 4.34. The van der Waals surface area contributed by atoms with Crippen LogP contribution in [-0.4, -0.2) is 12.7 Å². The Morgan fingerprint density at radius 3 is 1.74 bits per heavy atom. The van der Waals surface area contributed by atoms with Gasteiger partial charge in [-0.3, -0.25) is 0 Å². The lowest BCUT2D eigenvalue weighted by Gasteiger charge is -2.37. The largest absolute Gasteiger partial charge is 0.374 e. The fraction of sp³-hybridized carbons (Fsp3) is 0.917. The number of hydrogen-bond donors (Lipinski definition) is 0. The molecule has 0 aromatic heterocycles. The van der Waals surface area contributed by atoms with Crippen molar-refractivity contribution < 1.29 is 13.5 Å². The predicted molar refractivity (Wildman–Crippen MR) is 108 cm³/mol.